The molecule has 0 spiro atoms. The van der Waals surface area contributed by atoms with Gasteiger partial charge < -0.3 is 23.7 Å². The van der Waals surface area contributed by atoms with E-state index >= 15 is 0 Å². The number of carbonyl (C=O) groups excluding carboxylic acids is 4. The highest BCUT2D eigenvalue weighted by molar-refractivity contribution is 5.83. The number of hydrogen-bond donors (Lipinski definition) is 0. The number of benzene rings is 1. The lowest BCUT2D eigenvalue weighted by atomic mass is 10.2. The molecule has 0 saturated heterocycles. The average Bonchev–Trinajstić information content (AvgIpc) is 2.69. The molecule has 0 saturated carbocycles. The molecule has 0 bridgehead atoms. The van der Waals surface area contributed by atoms with Crippen LogP contribution >= 0.6 is 0 Å². The Morgan fingerprint density at radius 1 is 0.806 bits per heavy atom. The molecule has 0 fully saturated rings. The molecule has 0 amide bonds. The Labute approximate surface area is 181 Å². The molecular formula is C22H30O9. The fourth-order valence-electron chi connectivity index (χ4n) is 2.09. The summed E-state index contributed by atoms with van der Waals surface area (Å²) in [5.74, 6) is -3.35. The van der Waals surface area contributed by atoms with Crippen LogP contribution in [0.15, 0.2) is 30.3 Å². The van der Waals surface area contributed by atoms with Crippen molar-refractivity contribution in [2.45, 2.75) is 72.1 Å². The summed E-state index contributed by atoms with van der Waals surface area (Å²) < 4.78 is 25.2. The van der Waals surface area contributed by atoms with Crippen molar-refractivity contribution in [2.24, 2.45) is 0 Å². The number of ether oxygens (including phenoxy) is 5. The fraction of sp³-hybridized carbons (Fsp3) is 0.545. The molecule has 0 aliphatic rings. The van der Waals surface area contributed by atoms with Crippen molar-refractivity contribution in [3.63, 3.8) is 0 Å². The lowest BCUT2D eigenvalue weighted by molar-refractivity contribution is -0.181. The van der Waals surface area contributed by atoms with Crippen molar-refractivity contribution in [2.75, 3.05) is 6.61 Å². The van der Waals surface area contributed by atoms with Crippen molar-refractivity contribution in [1.29, 1.82) is 0 Å². The van der Waals surface area contributed by atoms with Gasteiger partial charge in [-0.25, -0.2) is 19.2 Å². The van der Waals surface area contributed by atoms with Gasteiger partial charge in [-0.3, -0.25) is 0 Å². The van der Waals surface area contributed by atoms with E-state index in [9.17, 15) is 19.2 Å². The Morgan fingerprint density at radius 3 is 1.97 bits per heavy atom. The summed E-state index contributed by atoms with van der Waals surface area (Å²) in [5.41, 5.74) is 0.152. The minimum absolute atomic E-state index is 0.206. The van der Waals surface area contributed by atoms with Gasteiger partial charge >= 0.3 is 23.9 Å². The van der Waals surface area contributed by atoms with Crippen LogP contribution in [0.2, 0.25) is 0 Å². The molecular weight excluding hydrogens is 408 g/mol. The quantitative estimate of drug-likeness (QED) is 0.401. The molecule has 0 N–H and O–H groups in total. The highest BCUT2D eigenvalue weighted by atomic mass is 16.6. The topological polar surface area (TPSA) is 114 Å². The van der Waals surface area contributed by atoms with Gasteiger partial charge in [0.15, 0.2) is 24.9 Å². The third-order valence-electron chi connectivity index (χ3n) is 3.68. The van der Waals surface area contributed by atoms with E-state index < -0.39 is 54.4 Å². The molecule has 3 atom stereocenters. The molecule has 9 heteroatoms. The molecule has 172 valence electrons. The maximum absolute atomic E-state index is 12.1. The molecule has 0 heterocycles. The van der Waals surface area contributed by atoms with E-state index in [2.05, 4.69) is 0 Å². The Hall–Kier alpha value is -2.94. The normalized spacial score (nSPS) is 14.0. The molecule has 0 radical (unpaired) electrons. The van der Waals surface area contributed by atoms with Gasteiger partial charge in [-0.15, -0.1) is 0 Å². The van der Waals surface area contributed by atoms with E-state index in [1.807, 2.05) is 30.3 Å². The Kier molecular flexibility index (Phi) is 10.1. The van der Waals surface area contributed by atoms with Crippen LogP contribution in [-0.4, -0.2) is 54.4 Å². The van der Waals surface area contributed by atoms with E-state index in [1.54, 1.807) is 20.8 Å². The van der Waals surface area contributed by atoms with Gasteiger partial charge in [-0.2, -0.15) is 0 Å². The van der Waals surface area contributed by atoms with Crippen LogP contribution in [0.25, 0.3) is 0 Å². The van der Waals surface area contributed by atoms with Gasteiger partial charge in [-0.1, -0.05) is 30.3 Å². The number of rotatable bonds is 10. The molecule has 0 aliphatic carbocycles. The second kappa shape index (κ2) is 12.0. The van der Waals surface area contributed by atoms with Crippen molar-refractivity contribution >= 4 is 23.9 Å². The summed E-state index contributed by atoms with van der Waals surface area (Å²) >= 11 is 0. The van der Waals surface area contributed by atoms with Gasteiger partial charge in [0.05, 0.1) is 6.61 Å². The zero-order chi connectivity index (χ0) is 23.6. The zero-order valence-electron chi connectivity index (χ0n) is 18.7. The molecule has 0 aromatic heterocycles. The van der Waals surface area contributed by atoms with Gasteiger partial charge in [0.2, 0.25) is 0 Å². The Bertz CT molecular complexity index is 752. The summed E-state index contributed by atoms with van der Waals surface area (Å²) in [6, 6.07) is 9.25. The molecule has 1 aromatic rings. The Balaban J connectivity index is 2.36. The van der Waals surface area contributed by atoms with Crippen LogP contribution in [0.3, 0.4) is 0 Å². The summed E-state index contributed by atoms with van der Waals surface area (Å²) in [4.78, 5) is 47.6. The lowest BCUT2D eigenvalue weighted by Gasteiger charge is -2.22. The Morgan fingerprint density at radius 2 is 1.39 bits per heavy atom. The van der Waals surface area contributed by atoms with Crippen molar-refractivity contribution in [1.82, 2.24) is 0 Å². The van der Waals surface area contributed by atoms with Crippen molar-refractivity contribution in [3.05, 3.63) is 35.9 Å². The molecule has 31 heavy (non-hydrogen) atoms. The van der Waals surface area contributed by atoms with E-state index in [1.165, 1.54) is 20.8 Å². The van der Waals surface area contributed by atoms with Crippen LogP contribution in [0, 0.1) is 0 Å². The predicted molar refractivity (Wildman–Crippen MR) is 109 cm³/mol. The standard InChI is InChI=1S/C22H30O9/c1-14(27-12-17-10-8-7-9-11-17)20(25)30-15(2)19(24)28-13-18(23)29-16(3)21(26)31-22(4,5)6/h7-11,14-16H,12-13H2,1-6H3/t14?,15?,16-/m1/s1. The van der Waals surface area contributed by atoms with E-state index in [4.69, 9.17) is 23.7 Å². The molecule has 1 aromatic carbocycles. The first-order valence-corrected chi connectivity index (χ1v) is 9.84. The zero-order valence-corrected chi connectivity index (χ0v) is 18.7. The monoisotopic (exact) mass is 438 g/mol. The summed E-state index contributed by atoms with van der Waals surface area (Å²) in [5, 5.41) is 0. The highest BCUT2D eigenvalue weighted by Gasteiger charge is 2.27. The largest absolute Gasteiger partial charge is 0.457 e. The molecule has 9 nitrogen and oxygen atoms in total. The maximum Gasteiger partial charge on any atom is 0.347 e. The molecule has 2 unspecified atom stereocenters. The van der Waals surface area contributed by atoms with Crippen LogP contribution < -0.4 is 0 Å². The van der Waals surface area contributed by atoms with Gasteiger partial charge in [-0.05, 0) is 47.1 Å². The first kappa shape index (κ1) is 26.1. The third-order valence-corrected chi connectivity index (χ3v) is 3.68. The van der Waals surface area contributed by atoms with Crippen LogP contribution in [0.1, 0.15) is 47.1 Å². The molecule has 0 aliphatic heterocycles. The SMILES string of the molecule is CC(OCc1ccccc1)C(=O)OC(C)C(=O)OCC(=O)O[C@H](C)C(=O)OC(C)(C)C. The third kappa shape index (κ3) is 10.6. The highest BCUT2D eigenvalue weighted by Crippen LogP contribution is 2.10. The maximum atomic E-state index is 12.1. The first-order valence-electron chi connectivity index (χ1n) is 9.84. The van der Waals surface area contributed by atoms with Crippen LogP contribution in [-0.2, 0) is 49.5 Å². The number of hydrogen-bond acceptors (Lipinski definition) is 9. The van der Waals surface area contributed by atoms with Gasteiger partial charge in [0.1, 0.15) is 5.60 Å². The van der Waals surface area contributed by atoms with Gasteiger partial charge in [0.25, 0.3) is 0 Å². The van der Waals surface area contributed by atoms with Crippen LogP contribution in [0.4, 0.5) is 0 Å². The lowest BCUT2D eigenvalue weighted by Crippen LogP contribution is -2.35. The van der Waals surface area contributed by atoms with E-state index in [-0.39, 0.29) is 6.61 Å². The summed E-state index contributed by atoms with van der Waals surface area (Å²) in [6.45, 7) is 8.64. The number of esters is 4. The van der Waals surface area contributed by atoms with E-state index in [0.717, 1.165) is 5.56 Å². The fourth-order valence-corrected chi connectivity index (χ4v) is 2.09. The molecule has 1 rings (SSSR count). The minimum Gasteiger partial charge on any atom is -0.457 e. The first-order chi connectivity index (χ1) is 14.4. The van der Waals surface area contributed by atoms with Crippen molar-refractivity contribution in [3.8, 4) is 0 Å². The van der Waals surface area contributed by atoms with E-state index in [0.29, 0.717) is 0 Å². The second-order valence-corrected chi connectivity index (χ2v) is 7.79. The summed E-state index contributed by atoms with van der Waals surface area (Å²) in [7, 11) is 0. The van der Waals surface area contributed by atoms with Crippen molar-refractivity contribution < 1.29 is 42.9 Å². The average molecular weight is 438 g/mol. The summed E-state index contributed by atoms with van der Waals surface area (Å²) in [6.07, 6.45) is -3.33. The number of carbonyl (C=O) groups is 4. The smallest absolute Gasteiger partial charge is 0.347 e. The van der Waals surface area contributed by atoms with Crippen LogP contribution in [0.5, 0.6) is 0 Å². The second-order valence-electron chi connectivity index (χ2n) is 7.79. The van der Waals surface area contributed by atoms with Gasteiger partial charge in [0, 0.05) is 0 Å². The minimum atomic E-state index is -1.26. The predicted octanol–water partition coefficient (Wildman–Crippen LogP) is 2.34.